The van der Waals surface area contributed by atoms with Crippen molar-refractivity contribution in [2.45, 2.75) is 89.5 Å². The van der Waals surface area contributed by atoms with Crippen LogP contribution < -0.4 is 5.73 Å². The molecular formula is C23H35N. The summed E-state index contributed by atoms with van der Waals surface area (Å²) in [6.07, 6.45) is 17.2. The summed E-state index contributed by atoms with van der Waals surface area (Å²) in [6.45, 7) is 4.49. The van der Waals surface area contributed by atoms with E-state index in [-0.39, 0.29) is 5.54 Å². The Bertz CT molecular complexity index is 573. The quantitative estimate of drug-likeness (QED) is 0.646. The van der Waals surface area contributed by atoms with Gasteiger partial charge in [-0.3, -0.25) is 0 Å². The van der Waals surface area contributed by atoms with Gasteiger partial charge in [0.1, 0.15) is 0 Å². The smallest absolute Gasteiger partial charge is 0.0157 e. The molecule has 2 aliphatic carbocycles. The first kappa shape index (κ1) is 17.7. The van der Waals surface area contributed by atoms with Gasteiger partial charge in [0.05, 0.1) is 0 Å². The molecule has 0 aromatic heterocycles. The molecule has 0 unspecified atom stereocenters. The third kappa shape index (κ3) is 4.11. The molecule has 0 bridgehead atoms. The second kappa shape index (κ2) is 7.87. The molecule has 0 amide bonds. The molecule has 0 saturated heterocycles. The normalized spacial score (nSPS) is 30.0. The average molecular weight is 326 g/mol. The number of allylic oxidation sites excluding steroid dienone is 2. The van der Waals surface area contributed by atoms with E-state index < -0.39 is 0 Å². The zero-order chi connectivity index (χ0) is 17.0. The van der Waals surface area contributed by atoms with Crippen molar-refractivity contribution in [3.8, 4) is 0 Å². The lowest BCUT2D eigenvalue weighted by atomic mass is 9.80. The molecule has 0 aliphatic heterocycles. The Balaban J connectivity index is 1.62. The third-order valence-corrected chi connectivity index (χ3v) is 6.47. The van der Waals surface area contributed by atoms with E-state index in [9.17, 15) is 0 Å². The van der Waals surface area contributed by atoms with Gasteiger partial charge in [0, 0.05) is 5.54 Å². The van der Waals surface area contributed by atoms with Crippen LogP contribution in [0.1, 0.15) is 87.8 Å². The first-order chi connectivity index (χ1) is 11.6. The molecule has 1 saturated carbocycles. The lowest BCUT2D eigenvalue weighted by Crippen LogP contribution is -2.35. The van der Waals surface area contributed by atoms with E-state index in [4.69, 9.17) is 5.73 Å². The second-order valence-corrected chi connectivity index (χ2v) is 8.29. The first-order valence-corrected chi connectivity index (χ1v) is 10.2. The fourth-order valence-electron chi connectivity index (χ4n) is 4.64. The number of benzene rings is 1. The number of nitrogens with two attached hydrogens (primary N) is 1. The van der Waals surface area contributed by atoms with Crippen molar-refractivity contribution >= 4 is 0 Å². The van der Waals surface area contributed by atoms with Crippen molar-refractivity contribution in [2.24, 2.45) is 11.7 Å². The van der Waals surface area contributed by atoms with E-state index in [1.54, 1.807) is 16.7 Å². The SMILES string of the molecule is CCC/C=C/C[C@@H]1CCc2cc([C@H]3CC[C@](N)(CC)C3)ccc2C1. The van der Waals surface area contributed by atoms with E-state index in [1.807, 2.05) is 0 Å². The van der Waals surface area contributed by atoms with Crippen molar-refractivity contribution in [1.82, 2.24) is 0 Å². The summed E-state index contributed by atoms with van der Waals surface area (Å²) in [5.41, 5.74) is 11.4. The third-order valence-electron chi connectivity index (χ3n) is 6.47. The minimum Gasteiger partial charge on any atom is -0.325 e. The molecule has 132 valence electrons. The highest BCUT2D eigenvalue weighted by molar-refractivity contribution is 5.36. The largest absolute Gasteiger partial charge is 0.325 e. The molecule has 24 heavy (non-hydrogen) atoms. The summed E-state index contributed by atoms with van der Waals surface area (Å²) in [5, 5.41) is 0. The van der Waals surface area contributed by atoms with Crippen LogP contribution in [0, 0.1) is 5.92 Å². The number of hydrogen-bond acceptors (Lipinski definition) is 1. The van der Waals surface area contributed by atoms with Gasteiger partial charge in [0.25, 0.3) is 0 Å². The minimum atomic E-state index is 0.0937. The van der Waals surface area contributed by atoms with Crippen LogP contribution in [0.2, 0.25) is 0 Å². The second-order valence-electron chi connectivity index (χ2n) is 8.29. The molecule has 0 heterocycles. The van der Waals surface area contributed by atoms with Crippen LogP contribution in [0.4, 0.5) is 0 Å². The minimum absolute atomic E-state index is 0.0937. The summed E-state index contributed by atoms with van der Waals surface area (Å²) in [7, 11) is 0. The van der Waals surface area contributed by atoms with Crippen molar-refractivity contribution in [1.29, 1.82) is 0 Å². The number of hydrogen-bond donors (Lipinski definition) is 1. The topological polar surface area (TPSA) is 26.0 Å². The monoisotopic (exact) mass is 325 g/mol. The highest BCUT2D eigenvalue weighted by atomic mass is 14.8. The van der Waals surface area contributed by atoms with Gasteiger partial charge in [-0.1, -0.05) is 50.6 Å². The van der Waals surface area contributed by atoms with Gasteiger partial charge < -0.3 is 5.73 Å². The number of aryl methyl sites for hydroxylation is 1. The molecule has 0 spiro atoms. The van der Waals surface area contributed by atoms with E-state index in [0.717, 1.165) is 12.3 Å². The van der Waals surface area contributed by atoms with E-state index in [1.165, 1.54) is 57.8 Å². The van der Waals surface area contributed by atoms with Gasteiger partial charge in [-0.25, -0.2) is 0 Å². The molecule has 1 fully saturated rings. The van der Waals surface area contributed by atoms with Gasteiger partial charge in [-0.15, -0.1) is 0 Å². The van der Waals surface area contributed by atoms with Gasteiger partial charge >= 0.3 is 0 Å². The molecule has 2 aliphatic rings. The lowest BCUT2D eigenvalue weighted by Gasteiger charge is -2.26. The predicted molar refractivity (Wildman–Crippen MR) is 104 cm³/mol. The summed E-state index contributed by atoms with van der Waals surface area (Å²) in [5.74, 6) is 1.54. The Morgan fingerprint density at radius 3 is 2.79 bits per heavy atom. The number of fused-ring (bicyclic) bond motifs is 1. The van der Waals surface area contributed by atoms with E-state index in [2.05, 4.69) is 44.2 Å². The highest BCUT2D eigenvalue weighted by Gasteiger charge is 2.35. The highest BCUT2D eigenvalue weighted by Crippen LogP contribution is 2.42. The summed E-state index contributed by atoms with van der Waals surface area (Å²) < 4.78 is 0. The van der Waals surface area contributed by atoms with Crippen molar-refractivity contribution in [3.63, 3.8) is 0 Å². The summed E-state index contributed by atoms with van der Waals surface area (Å²) >= 11 is 0. The van der Waals surface area contributed by atoms with Crippen LogP contribution in [0.3, 0.4) is 0 Å². The van der Waals surface area contributed by atoms with E-state index in [0.29, 0.717) is 5.92 Å². The molecule has 3 rings (SSSR count). The summed E-state index contributed by atoms with van der Waals surface area (Å²) in [4.78, 5) is 0. The Morgan fingerprint density at radius 2 is 2.04 bits per heavy atom. The van der Waals surface area contributed by atoms with Crippen LogP contribution in [-0.4, -0.2) is 5.54 Å². The van der Waals surface area contributed by atoms with Crippen LogP contribution in [0.5, 0.6) is 0 Å². The average Bonchev–Trinajstić information content (AvgIpc) is 3.01. The van der Waals surface area contributed by atoms with E-state index >= 15 is 0 Å². The molecule has 0 radical (unpaired) electrons. The van der Waals surface area contributed by atoms with Crippen molar-refractivity contribution in [3.05, 3.63) is 47.0 Å². The number of rotatable bonds is 6. The fraction of sp³-hybridized carbons (Fsp3) is 0.652. The van der Waals surface area contributed by atoms with Crippen LogP contribution >= 0.6 is 0 Å². The van der Waals surface area contributed by atoms with Crippen molar-refractivity contribution < 1.29 is 0 Å². The molecule has 3 atom stereocenters. The first-order valence-electron chi connectivity index (χ1n) is 10.2. The maximum atomic E-state index is 6.50. The Kier molecular flexibility index (Phi) is 5.81. The molecule has 1 heteroatoms. The molecular weight excluding hydrogens is 290 g/mol. The van der Waals surface area contributed by atoms with Crippen LogP contribution in [0.25, 0.3) is 0 Å². The van der Waals surface area contributed by atoms with Gasteiger partial charge in [0.2, 0.25) is 0 Å². The molecule has 2 N–H and O–H groups in total. The zero-order valence-corrected chi connectivity index (χ0v) is 15.7. The maximum absolute atomic E-state index is 6.50. The van der Waals surface area contributed by atoms with Gasteiger partial charge in [-0.2, -0.15) is 0 Å². The van der Waals surface area contributed by atoms with Gasteiger partial charge in [0.15, 0.2) is 0 Å². The Hall–Kier alpha value is -1.08. The molecule has 1 aromatic carbocycles. The summed E-state index contributed by atoms with van der Waals surface area (Å²) in [6, 6.07) is 7.35. The Labute approximate surface area is 148 Å². The zero-order valence-electron chi connectivity index (χ0n) is 15.7. The van der Waals surface area contributed by atoms with Crippen LogP contribution in [-0.2, 0) is 12.8 Å². The Morgan fingerprint density at radius 1 is 1.17 bits per heavy atom. The number of unbranched alkanes of at least 4 members (excludes halogenated alkanes) is 1. The fourth-order valence-corrected chi connectivity index (χ4v) is 4.64. The predicted octanol–water partition coefficient (Wildman–Crippen LogP) is 5.91. The standard InChI is InChI=1S/C23H35N/c1-3-5-6-7-8-18-9-10-20-16-21(12-11-19(20)15-18)22-13-14-23(24,4-2)17-22/h6-7,11-12,16,18,22H,3-5,8-10,13-15,17,24H2,1-2H3/b7-6+/t18-,22+,23-/m1/s1. The molecule has 1 aromatic rings. The molecule has 1 nitrogen and oxygen atoms in total. The van der Waals surface area contributed by atoms with Gasteiger partial charge in [-0.05, 0) is 86.3 Å². The van der Waals surface area contributed by atoms with Crippen molar-refractivity contribution in [2.75, 3.05) is 0 Å². The lowest BCUT2D eigenvalue weighted by molar-refractivity contribution is 0.418. The van der Waals surface area contributed by atoms with Crippen LogP contribution in [0.15, 0.2) is 30.4 Å². The maximum Gasteiger partial charge on any atom is 0.0157 e.